The molecule has 2 aromatic carbocycles. The van der Waals surface area contributed by atoms with Crippen LogP contribution in [0.3, 0.4) is 0 Å². The summed E-state index contributed by atoms with van der Waals surface area (Å²) in [7, 11) is -2.48. The number of amides is 1. The summed E-state index contributed by atoms with van der Waals surface area (Å²) in [5, 5.41) is 0. The first-order chi connectivity index (χ1) is 11.8. The van der Waals surface area contributed by atoms with Crippen molar-refractivity contribution in [2.75, 3.05) is 13.7 Å². The Hall–Kier alpha value is -1.90. The molecule has 0 aliphatic rings. The quantitative estimate of drug-likeness (QED) is 0.701. The van der Waals surface area contributed by atoms with Crippen molar-refractivity contribution in [3.05, 3.63) is 58.6 Å². The number of methoxy groups -OCH3 is 1. The van der Waals surface area contributed by atoms with Gasteiger partial charge in [0.2, 0.25) is 15.9 Å². The van der Waals surface area contributed by atoms with Crippen LogP contribution in [0, 0.1) is 0 Å². The van der Waals surface area contributed by atoms with E-state index in [0.717, 1.165) is 5.56 Å². The molecule has 2 aromatic rings. The molecular weight excluding hydrogens is 408 g/mol. The van der Waals surface area contributed by atoms with Gasteiger partial charge in [-0.1, -0.05) is 46.3 Å². The topological polar surface area (TPSA) is 89.7 Å². The first kappa shape index (κ1) is 19.4. The number of primary amides is 1. The lowest BCUT2D eigenvalue weighted by Gasteiger charge is -2.23. The number of carbonyl (C=O) groups is 1. The predicted molar refractivity (Wildman–Crippen MR) is 98.5 cm³/mol. The normalized spacial score (nSPS) is 11.5. The Morgan fingerprint density at radius 2 is 1.88 bits per heavy atom. The molecule has 2 rings (SSSR count). The van der Waals surface area contributed by atoms with E-state index in [9.17, 15) is 13.2 Å². The fourth-order valence-electron chi connectivity index (χ4n) is 2.30. The van der Waals surface area contributed by atoms with Gasteiger partial charge in [0.15, 0.2) is 0 Å². The molecule has 0 aliphatic heterocycles. The second-order valence-electron chi connectivity index (χ2n) is 5.34. The Balaban J connectivity index is 2.43. The average molecular weight is 427 g/mol. The maximum absolute atomic E-state index is 13.2. The van der Waals surface area contributed by atoms with Crippen molar-refractivity contribution in [3.63, 3.8) is 0 Å². The molecule has 0 heterocycles. The molecule has 0 saturated heterocycles. The molecule has 0 bridgehead atoms. The molecule has 2 N–H and O–H groups in total. The Morgan fingerprint density at radius 3 is 2.48 bits per heavy atom. The molecule has 134 valence electrons. The van der Waals surface area contributed by atoms with Gasteiger partial charge in [0, 0.05) is 24.0 Å². The van der Waals surface area contributed by atoms with Gasteiger partial charge >= 0.3 is 0 Å². The Bertz CT molecular complexity index is 841. The van der Waals surface area contributed by atoms with Gasteiger partial charge in [-0.25, -0.2) is 8.42 Å². The van der Waals surface area contributed by atoms with E-state index in [0.29, 0.717) is 4.47 Å². The molecule has 0 saturated carbocycles. The fraction of sp³-hybridized carbons (Fsp3) is 0.235. The third-order valence-electron chi connectivity index (χ3n) is 3.55. The molecule has 0 atom stereocenters. The monoisotopic (exact) mass is 426 g/mol. The molecule has 0 radical (unpaired) electrons. The van der Waals surface area contributed by atoms with E-state index in [1.165, 1.54) is 17.5 Å². The fourth-order valence-corrected chi connectivity index (χ4v) is 4.42. The van der Waals surface area contributed by atoms with E-state index in [1.807, 2.05) is 30.3 Å². The highest BCUT2D eigenvalue weighted by atomic mass is 79.9. The van der Waals surface area contributed by atoms with E-state index >= 15 is 0 Å². The number of sulfonamides is 1. The predicted octanol–water partition coefficient (Wildman–Crippen LogP) is 2.52. The van der Waals surface area contributed by atoms with Gasteiger partial charge in [-0.15, -0.1) is 0 Å². The third kappa shape index (κ3) is 5.04. The molecule has 0 fully saturated rings. The Kier molecular flexibility index (Phi) is 6.57. The number of nitrogens with zero attached hydrogens (tertiary/aromatic N) is 1. The Morgan fingerprint density at radius 1 is 1.20 bits per heavy atom. The van der Waals surface area contributed by atoms with Crippen LogP contribution in [0.2, 0.25) is 0 Å². The first-order valence-electron chi connectivity index (χ1n) is 7.50. The molecule has 1 amide bonds. The van der Waals surface area contributed by atoms with E-state index < -0.39 is 15.9 Å². The van der Waals surface area contributed by atoms with Crippen molar-refractivity contribution in [1.29, 1.82) is 0 Å². The van der Waals surface area contributed by atoms with Gasteiger partial charge in [-0.3, -0.25) is 4.79 Å². The number of halogens is 1. The number of nitrogens with two attached hydrogens (primary N) is 1. The van der Waals surface area contributed by atoms with Crippen LogP contribution >= 0.6 is 15.9 Å². The summed E-state index contributed by atoms with van der Waals surface area (Å²) in [5.74, 6) is -0.324. The van der Waals surface area contributed by atoms with Gasteiger partial charge < -0.3 is 10.5 Å². The van der Waals surface area contributed by atoms with Gasteiger partial charge in [-0.05, 0) is 23.8 Å². The van der Waals surface area contributed by atoms with Crippen molar-refractivity contribution >= 4 is 31.9 Å². The summed E-state index contributed by atoms with van der Waals surface area (Å²) in [5.41, 5.74) is 6.01. The van der Waals surface area contributed by atoms with Crippen molar-refractivity contribution in [1.82, 2.24) is 4.31 Å². The summed E-state index contributed by atoms with van der Waals surface area (Å²) >= 11 is 3.28. The zero-order chi connectivity index (χ0) is 18.4. The van der Waals surface area contributed by atoms with Crippen LogP contribution in [0.4, 0.5) is 0 Å². The summed E-state index contributed by atoms with van der Waals surface area (Å²) in [6.07, 6.45) is -0.0671. The third-order valence-corrected chi connectivity index (χ3v) is 5.91. The number of hydrogen-bond donors (Lipinski definition) is 1. The molecule has 6 nitrogen and oxygen atoms in total. The molecule has 0 aromatic heterocycles. The molecule has 25 heavy (non-hydrogen) atoms. The van der Waals surface area contributed by atoms with Crippen molar-refractivity contribution in [3.8, 4) is 5.75 Å². The van der Waals surface area contributed by atoms with E-state index in [-0.39, 0.29) is 30.2 Å². The number of benzene rings is 2. The minimum absolute atomic E-state index is 0.0117. The van der Waals surface area contributed by atoms with Crippen molar-refractivity contribution in [2.45, 2.75) is 17.9 Å². The highest BCUT2D eigenvalue weighted by molar-refractivity contribution is 9.10. The number of hydrogen-bond acceptors (Lipinski definition) is 4. The van der Waals surface area contributed by atoms with Crippen molar-refractivity contribution < 1.29 is 17.9 Å². The van der Waals surface area contributed by atoms with Crippen LogP contribution in [0.1, 0.15) is 12.0 Å². The molecule has 8 heteroatoms. The highest BCUT2D eigenvalue weighted by Gasteiger charge is 2.28. The molecular formula is C17H19BrN2O4S. The molecule has 0 aliphatic carbocycles. The van der Waals surface area contributed by atoms with E-state index in [2.05, 4.69) is 15.9 Å². The van der Waals surface area contributed by atoms with Gasteiger partial charge in [0.25, 0.3) is 0 Å². The largest absolute Gasteiger partial charge is 0.495 e. The Labute approximate surface area is 155 Å². The van der Waals surface area contributed by atoms with Gasteiger partial charge in [0.1, 0.15) is 10.6 Å². The minimum atomic E-state index is -3.89. The summed E-state index contributed by atoms with van der Waals surface area (Å²) in [6.45, 7) is 0.119. The lowest BCUT2D eigenvalue weighted by Crippen LogP contribution is -2.34. The SMILES string of the molecule is COc1ccc(Br)cc1S(=O)(=O)N(CCC(N)=O)Cc1ccccc1. The van der Waals surface area contributed by atoms with Crippen molar-refractivity contribution in [2.24, 2.45) is 5.73 Å². The minimum Gasteiger partial charge on any atom is -0.495 e. The zero-order valence-electron chi connectivity index (χ0n) is 13.7. The second kappa shape index (κ2) is 8.46. The van der Waals surface area contributed by atoms with Gasteiger partial charge in [0.05, 0.1) is 7.11 Å². The second-order valence-corrected chi connectivity index (χ2v) is 8.16. The summed E-state index contributed by atoms with van der Waals surface area (Å²) in [4.78, 5) is 11.2. The van der Waals surface area contributed by atoms with E-state index in [4.69, 9.17) is 10.5 Å². The van der Waals surface area contributed by atoms with Crippen LogP contribution in [0.25, 0.3) is 0 Å². The maximum atomic E-state index is 13.2. The number of ether oxygens (including phenoxy) is 1. The van der Waals surface area contributed by atoms with E-state index in [1.54, 1.807) is 12.1 Å². The first-order valence-corrected chi connectivity index (χ1v) is 9.74. The van der Waals surface area contributed by atoms with Crippen LogP contribution < -0.4 is 10.5 Å². The van der Waals surface area contributed by atoms with Crippen LogP contribution in [0.15, 0.2) is 57.9 Å². The average Bonchev–Trinajstić information content (AvgIpc) is 2.59. The smallest absolute Gasteiger partial charge is 0.247 e. The van der Waals surface area contributed by atoms with Crippen LogP contribution in [-0.4, -0.2) is 32.3 Å². The highest BCUT2D eigenvalue weighted by Crippen LogP contribution is 2.30. The van der Waals surface area contributed by atoms with Gasteiger partial charge in [-0.2, -0.15) is 4.31 Å². The number of rotatable bonds is 8. The molecule has 0 spiro atoms. The zero-order valence-corrected chi connectivity index (χ0v) is 16.1. The standard InChI is InChI=1S/C17H19BrN2O4S/c1-24-15-8-7-14(18)11-16(15)25(22,23)20(10-9-17(19)21)12-13-5-3-2-4-6-13/h2-8,11H,9-10,12H2,1H3,(H2,19,21). The lowest BCUT2D eigenvalue weighted by atomic mass is 10.2. The maximum Gasteiger partial charge on any atom is 0.247 e. The van der Waals surface area contributed by atoms with Crippen LogP contribution in [-0.2, 0) is 21.4 Å². The summed E-state index contributed by atoms with van der Waals surface area (Å²) in [6, 6.07) is 13.9. The number of carbonyl (C=O) groups excluding carboxylic acids is 1. The van der Waals surface area contributed by atoms with Crippen LogP contribution in [0.5, 0.6) is 5.75 Å². The molecule has 0 unspecified atom stereocenters. The lowest BCUT2D eigenvalue weighted by molar-refractivity contribution is -0.118. The summed E-state index contributed by atoms with van der Waals surface area (Å²) < 4.78 is 33.3.